The van der Waals surface area contributed by atoms with Gasteiger partial charge in [0.1, 0.15) is 5.00 Å². The van der Waals surface area contributed by atoms with E-state index in [1.807, 2.05) is 83.8 Å². The van der Waals surface area contributed by atoms with Gasteiger partial charge in [0, 0.05) is 23.5 Å². The molecule has 1 aliphatic carbocycles. The van der Waals surface area contributed by atoms with Crippen molar-refractivity contribution in [1.82, 2.24) is 4.90 Å². The van der Waals surface area contributed by atoms with Crippen molar-refractivity contribution in [3.63, 3.8) is 0 Å². The van der Waals surface area contributed by atoms with Gasteiger partial charge in [-0.05, 0) is 54.0 Å². The maximum atomic E-state index is 14.3. The zero-order valence-corrected chi connectivity index (χ0v) is 21.3. The zero-order chi connectivity index (χ0) is 24.9. The summed E-state index contributed by atoms with van der Waals surface area (Å²) in [6.45, 7) is 3.26. The van der Waals surface area contributed by atoms with Crippen LogP contribution in [0.1, 0.15) is 55.6 Å². The molecule has 0 radical (unpaired) electrons. The van der Waals surface area contributed by atoms with Gasteiger partial charge in [-0.15, -0.1) is 11.3 Å². The lowest BCUT2D eigenvalue weighted by Crippen LogP contribution is -2.31. The van der Waals surface area contributed by atoms with Gasteiger partial charge in [-0.2, -0.15) is 0 Å². The Morgan fingerprint density at radius 2 is 1.42 bits per heavy atom. The lowest BCUT2D eigenvalue weighted by Gasteiger charge is -2.25. The highest BCUT2D eigenvalue weighted by atomic mass is 32.1. The predicted molar refractivity (Wildman–Crippen MR) is 146 cm³/mol. The Kier molecular flexibility index (Phi) is 7.28. The summed E-state index contributed by atoms with van der Waals surface area (Å²) < 4.78 is 0. The highest BCUT2D eigenvalue weighted by Gasteiger charge is 2.31. The molecule has 0 fully saturated rings. The van der Waals surface area contributed by atoms with E-state index in [2.05, 4.69) is 12.2 Å². The van der Waals surface area contributed by atoms with E-state index in [0.29, 0.717) is 35.1 Å². The van der Waals surface area contributed by atoms with Crippen LogP contribution < -0.4 is 5.32 Å². The number of rotatable bonds is 7. The molecule has 5 heteroatoms. The molecule has 182 valence electrons. The number of carbonyl (C=O) groups is 2. The number of hydrogen-bond acceptors (Lipinski definition) is 3. The standard InChI is InChI=1S/C31H30N2O2S/c1-22-17-18-26-27(19-22)36-30(32-29(34)25-15-9-4-10-16-25)28(26)31(35)33(20-23-11-5-2-6-12-23)21-24-13-7-3-8-14-24/h2-16,22H,17-21H2,1H3,(H,32,34). The highest BCUT2D eigenvalue weighted by molar-refractivity contribution is 7.17. The molecule has 2 amide bonds. The first-order chi connectivity index (χ1) is 17.6. The minimum Gasteiger partial charge on any atom is -0.330 e. The lowest BCUT2D eigenvalue weighted by molar-refractivity contribution is 0.0730. The molecule has 4 nitrogen and oxygen atoms in total. The van der Waals surface area contributed by atoms with E-state index >= 15 is 0 Å². The number of fused-ring (bicyclic) bond motifs is 1. The molecule has 5 rings (SSSR count). The van der Waals surface area contributed by atoms with Crippen LogP contribution in [-0.4, -0.2) is 16.7 Å². The van der Waals surface area contributed by atoms with Crippen LogP contribution in [0.4, 0.5) is 5.00 Å². The maximum Gasteiger partial charge on any atom is 0.257 e. The quantitative estimate of drug-likeness (QED) is 0.302. The number of amides is 2. The fourth-order valence-corrected chi connectivity index (χ4v) is 6.19. The van der Waals surface area contributed by atoms with Crippen molar-refractivity contribution in [1.29, 1.82) is 0 Å². The van der Waals surface area contributed by atoms with Crippen molar-refractivity contribution in [2.45, 2.75) is 39.3 Å². The minimum absolute atomic E-state index is 0.0295. The monoisotopic (exact) mass is 494 g/mol. The first-order valence-electron chi connectivity index (χ1n) is 12.5. The third kappa shape index (κ3) is 5.42. The molecule has 3 aromatic carbocycles. The summed E-state index contributed by atoms with van der Waals surface area (Å²) in [4.78, 5) is 30.5. The largest absolute Gasteiger partial charge is 0.330 e. The molecule has 1 aromatic heterocycles. The van der Waals surface area contributed by atoms with Gasteiger partial charge in [0.2, 0.25) is 0 Å². The van der Waals surface area contributed by atoms with E-state index in [1.54, 1.807) is 23.5 Å². The normalized spacial score (nSPS) is 14.6. The van der Waals surface area contributed by atoms with Crippen LogP contribution in [0.3, 0.4) is 0 Å². The number of thiophene rings is 1. The van der Waals surface area contributed by atoms with Gasteiger partial charge in [0.25, 0.3) is 11.8 Å². The smallest absolute Gasteiger partial charge is 0.257 e. The topological polar surface area (TPSA) is 49.4 Å². The van der Waals surface area contributed by atoms with Crippen LogP contribution in [0.2, 0.25) is 0 Å². The van der Waals surface area contributed by atoms with E-state index in [0.717, 1.165) is 36.0 Å². The first-order valence-corrected chi connectivity index (χ1v) is 13.3. The lowest BCUT2D eigenvalue weighted by atomic mass is 9.88. The van der Waals surface area contributed by atoms with Crippen molar-refractivity contribution in [3.8, 4) is 0 Å². The summed E-state index contributed by atoms with van der Waals surface area (Å²) in [6, 6.07) is 29.4. The van der Waals surface area contributed by atoms with Crippen LogP contribution in [0, 0.1) is 5.92 Å². The van der Waals surface area contributed by atoms with E-state index in [1.165, 1.54) is 4.88 Å². The van der Waals surface area contributed by atoms with Crippen molar-refractivity contribution >= 4 is 28.2 Å². The van der Waals surface area contributed by atoms with Gasteiger partial charge < -0.3 is 10.2 Å². The third-order valence-electron chi connectivity index (χ3n) is 6.71. The maximum absolute atomic E-state index is 14.3. The molecule has 1 N–H and O–H groups in total. The zero-order valence-electron chi connectivity index (χ0n) is 20.4. The summed E-state index contributed by atoms with van der Waals surface area (Å²) in [5.74, 6) is 0.355. The summed E-state index contributed by atoms with van der Waals surface area (Å²) in [5.41, 5.74) is 4.51. The van der Waals surface area contributed by atoms with Gasteiger partial charge in [-0.1, -0.05) is 85.8 Å². The number of nitrogens with one attached hydrogen (secondary N) is 1. The van der Waals surface area contributed by atoms with Crippen LogP contribution >= 0.6 is 11.3 Å². The predicted octanol–water partition coefficient (Wildman–Crippen LogP) is 6.97. The summed E-state index contributed by atoms with van der Waals surface area (Å²) in [5, 5.41) is 3.76. The Hall–Kier alpha value is -3.70. The second kappa shape index (κ2) is 10.9. The first kappa shape index (κ1) is 24.0. The molecule has 0 saturated carbocycles. The van der Waals surface area contributed by atoms with Crippen LogP contribution in [0.15, 0.2) is 91.0 Å². The average Bonchev–Trinajstić information content (AvgIpc) is 3.26. The Labute approximate surface area is 216 Å². The Bertz CT molecular complexity index is 1290. The van der Waals surface area contributed by atoms with Gasteiger partial charge in [-0.3, -0.25) is 9.59 Å². The molecule has 36 heavy (non-hydrogen) atoms. The van der Waals surface area contributed by atoms with Crippen LogP contribution in [0.25, 0.3) is 0 Å². The van der Waals surface area contributed by atoms with Crippen molar-refractivity contribution in [2.75, 3.05) is 5.32 Å². The van der Waals surface area contributed by atoms with Crippen molar-refractivity contribution in [3.05, 3.63) is 124 Å². The minimum atomic E-state index is -0.186. The number of anilines is 1. The Morgan fingerprint density at radius 1 is 0.861 bits per heavy atom. The third-order valence-corrected chi connectivity index (χ3v) is 7.88. The average molecular weight is 495 g/mol. The highest BCUT2D eigenvalue weighted by Crippen LogP contribution is 2.41. The second-order valence-corrected chi connectivity index (χ2v) is 10.6. The summed E-state index contributed by atoms with van der Waals surface area (Å²) >= 11 is 1.57. The number of nitrogens with zero attached hydrogens (tertiary/aromatic N) is 1. The molecule has 0 saturated heterocycles. The Morgan fingerprint density at radius 3 is 2.00 bits per heavy atom. The van der Waals surface area contributed by atoms with Crippen molar-refractivity contribution in [2.24, 2.45) is 5.92 Å². The van der Waals surface area contributed by atoms with Crippen LogP contribution in [0.5, 0.6) is 0 Å². The van der Waals surface area contributed by atoms with E-state index in [4.69, 9.17) is 0 Å². The number of benzene rings is 3. The summed E-state index contributed by atoms with van der Waals surface area (Å²) in [7, 11) is 0. The van der Waals surface area contributed by atoms with Gasteiger partial charge in [-0.25, -0.2) is 0 Å². The van der Waals surface area contributed by atoms with Gasteiger partial charge >= 0.3 is 0 Å². The molecule has 0 aliphatic heterocycles. The summed E-state index contributed by atoms with van der Waals surface area (Å²) in [6.07, 6.45) is 2.85. The molecule has 0 spiro atoms. The molecular formula is C31H30N2O2S. The Balaban J connectivity index is 1.52. The fourth-order valence-electron chi connectivity index (χ4n) is 4.80. The van der Waals surface area contributed by atoms with Gasteiger partial charge in [0.15, 0.2) is 0 Å². The number of hydrogen-bond donors (Lipinski definition) is 1. The molecule has 0 bridgehead atoms. The van der Waals surface area contributed by atoms with E-state index in [9.17, 15) is 9.59 Å². The molecule has 1 aliphatic rings. The van der Waals surface area contributed by atoms with E-state index in [-0.39, 0.29) is 11.8 Å². The molecule has 4 aromatic rings. The molecular weight excluding hydrogens is 464 g/mol. The molecule has 1 unspecified atom stereocenters. The van der Waals surface area contributed by atoms with Gasteiger partial charge in [0.05, 0.1) is 5.56 Å². The van der Waals surface area contributed by atoms with Crippen LogP contribution in [-0.2, 0) is 25.9 Å². The molecule has 1 atom stereocenters. The SMILES string of the molecule is CC1CCc2c(sc(NC(=O)c3ccccc3)c2C(=O)N(Cc2ccccc2)Cc2ccccc2)C1. The van der Waals surface area contributed by atoms with E-state index < -0.39 is 0 Å². The fraction of sp³-hybridized carbons (Fsp3) is 0.226. The number of carbonyl (C=O) groups excluding carboxylic acids is 2. The second-order valence-electron chi connectivity index (χ2n) is 9.51. The van der Waals surface area contributed by atoms with Crippen molar-refractivity contribution < 1.29 is 9.59 Å². The molecule has 1 heterocycles.